The lowest BCUT2D eigenvalue weighted by Crippen LogP contribution is -2.36. The summed E-state index contributed by atoms with van der Waals surface area (Å²) in [6, 6.07) is 11.7. The molecule has 0 atom stereocenters. The minimum absolute atomic E-state index is 0.0798. The van der Waals surface area contributed by atoms with Crippen molar-refractivity contribution in [1.82, 2.24) is 19.7 Å². The molecule has 174 valence electrons. The predicted molar refractivity (Wildman–Crippen MR) is 127 cm³/mol. The molecule has 1 aromatic heterocycles. The van der Waals surface area contributed by atoms with E-state index in [-0.39, 0.29) is 5.91 Å². The van der Waals surface area contributed by atoms with Crippen LogP contribution in [-0.4, -0.2) is 52.9 Å². The molecule has 2 heterocycles. The summed E-state index contributed by atoms with van der Waals surface area (Å²) in [6.45, 7) is 4.23. The number of rotatable bonds is 8. The van der Waals surface area contributed by atoms with Crippen LogP contribution in [0.5, 0.6) is 17.2 Å². The second-order valence-electron chi connectivity index (χ2n) is 7.75. The normalized spacial score (nSPS) is 12.9. The summed E-state index contributed by atoms with van der Waals surface area (Å²) in [6.07, 6.45) is 1.12. The first kappa shape index (κ1) is 22.8. The van der Waals surface area contributed by atoms with E-state index in [4.69, 9.17) is 26.4 Å². The van der Waals surface area contributed by atoms with E-state index in [2.05, 4.69) is 10.2 Å². The van der Waals surface area contributed by atoms with Gasteiger partial charge in [0.05, 0.1) is 20.8 Å². The van der Waals surface area contributed by atoms with Gasteiger partial charge < -0.3 is 19.1 Å². The average Bonchev–Trinajstić information content (AvgIpc) is 3.21. The van der Waals surface area contributed by atoms with Gasteiger partial charge in [-0.15, -0.1) is 0 Å². The second kappa shape index (κ2) is 10.1. The maximum atomic E-state index is 13.0. The van der Waals surface area contributed by atoms with E-state index in [1.54, 1.807) is 14.2 Å². The van der Waals surface area contributed by atoms with Crippen molar-refractivity contribution in [3.05, 3.63) is 52.3 Å². The number of aromatic amines is 1. The molecule has 0 aliphatic carbocycles. The molecule has 4 rings (SSSR count). The van der Waals surface area contributed by atoms with Gasteiger partial charge in [0.15, 0.2) is 22.1 Å². The summed E-state index contributed by atoms with van der Waals surface area (Å²) in [5.74, 6) is 2.98. The largest absolute Gasteiger partial charge is 0.494 e. The predicted octanol–water partition coefficient (Wildman–Crippen LogP) is 4.00. The van der Waals surface area contributed by atoms with Gasteiger partial charge in [0.2, 0.25) is 5.91 Å². The molecular weight excluding hydrogens is 440 g/mol. The van der Waals surface area contributed by atoms with Crippen molar-refractivity contribution in [3.63, 3.8) is 0 Å². The van der Waals surface area contributed by atoms with Gasteiger partial charge in [0.25, 0.3) is 0 Å². The summed E-state index contributed by atoms with van der Waals surface area (Å²) in [5.41, 5.74) is 3.18. The Morgan fingerprint density at radius 2 is 1.82 bits per heavy atom. The van der Waals surface area contributed by atoms with E-state index in [0.29, 0.717) is 54.8 Å². The SMILES string of the molecule is CCOc1ccc(-c2n[nH]c(=S)n2CCC(=O)N2CCc3cc(OC)c(OC)cc3C2)cc1. The lowest BCUT2D eigenvalue weighted by molar-refractivity contribution is -0.132. The minimum Gasteiger partial charge on any atom is -0.494 e. The second-order valence-corrected chi connectivity index (χ2v) is 8.14. The van der Waals surface area contributed by atoms with Gasteiger partial charge in [-0.05, 0) is 73.1 Å². The number of hydrogen-bond donors (Lipinski definition) is 1. The molecule has 33 heavy (non-hydrogen) atoms. The first-order chi connectivity index (χ1) is 16.0. The van der Waals surface area contributed by atoms with E-state index in [1.807, 2.05) is 52.8 Å². The Morgan fingerprint density at radius 1 is 1.12 bits per heavy atom. The summed E-state index contributed by atoms with van der Waals surface area (Å²) in [5, 5.41) is 7.22. The molecule has 0 radical (unpaired) electrons. The topological polar surface area (TPSA) is 81.6 Å². The monoisotopic (exact) mass is 468 g/mol. The smallest absolute Gasteiger partial charge is 0.224 e. The van der Waals surface area contributed by atoms with Gasteiger partial charge in [-0.2, -0.15) is 5.10 Å². The van der Waals surface area contributed by atoms with Crippen LogP contribution >= 0.6 is 12.2 Å². The first-order valence-electron chi connectivity index (χ1n) is 10.9. The number of methoxy groups -OCH3 is 2. The molecule has 1 aliphatic heterocycles. The fraction of sp³-hybridized carbons (Fsp3) is 0.375. The number of H-pyrrole nitrogens is 1. The number of ether oxygens (including phenoxy) is 3. The Hall–Kier alpha value is -3.33. The Kier molecular flexibility index (Phi) is 6.98. The number of carbonyl (C=O) groups excluding carboxylic acids is 1. The van der Waals surface area contributed by atoms with Crippen molar-refractivity contribution < 1.29 is 19.0 Å². The molecule has 1 aliphatic rings. The quantitative estimate of drug-likeness (QED) is 0.504. The maximum absolute atomic E-state index is 13.0. The molecule has 0 fully saturated rings. The van der Waals surface area contributed by atoms with Crippen LogP contribution < -0.4 is 14.2 Å². The first-order valence-corrected chi connectivity index (χ1v) is 11.3. The van der Waals surface area contributed by atoms with Gasteiger partial charge in [0.1, 0.15) is 5.75 Å². The zero-order chi connectivity index (χ0) is 23.4. The number of nitrogens with one attached hydrogen (secondary N) is 1. The number of carbonyl (C=O) groups is 1. The molecule has 0 spiro atoms. The summed E-state index contributed by atoms with van der Waals surface area (Å²) < 4.78 is 18.7. The number of aromatic nitrogens is 3. The van der Waals surface area contributed by atoms with Crippen LogP contribution in [-0.2, 0) is 24.3 Å². The van der Waals surface area contributed by atoms with Crippen molar-refractivity contribution in [1.29, 1.82) is 0 Å². The molecular formula is C24H28N4O4S. The number of amides is 1. The molecule has 0 saturated carbocycles. The third-order valence-corrected chi connectivity index (χ3v) is 6.11. The fourth-order valence-corrected chi connectivity index (χ4v) is 4.30. The molecule has 0 bridgehead atoms. The molecule has 1 N–H and O–H groups in total. The van der Waals surface area contributed by atoms with Gasteiger partial charge in [0, 0.05) is 31.6 Å². The van der Waals surface area contributed by atoms with Crippen LogP contribution in [0.3, 0.4) is 0 Å². The molecule has 2 aromatic carbocycles. The third-order valence-electron chi connectivity index (χ3n) is 5.80. The number of benzene rings is 2. The van der Waals surface area contributed by atoms with Gasteiger partial charge >= 0.3 is 0 Å². The highest BCUT2D eigenvalue weighted by Gasteiger charge is 2.23. The van der Waals surface area contributed by atoms with E-state index in [1.165, 1.54) is 5.56 Å². The average molecular weight is 469 g/mol. The zero-order valence-electron chi connectivity index (χ0n) is 19.1. The number of nitrogens with zero attached hydrogens (tertiary/aromatic N) is 3. The highest BCUT2D eigenvalue weighted by Crippen LogP contribution is 2.33. The fourth-order valence-electron chi connectivity index (χ4n) is 4.07. The van der Waals surface area contributed by atoms with Gasteiger partial charge in [-0.1, -0.05) is 0 Å². The molecule has 8 nitrogen and oxygen atoms in total. The van der Waals surface area contributed by atoms with Crippen molar-refractivity contribution in [2.75, 3.05) is 27.4 Å². The van der Waals surface area contributed by atoms with Crippen LogP contribution in [0.1, 0.15) is 24.5 Å². The molecule has 0 saturated heterocycles. The molecule has 0 unspecified atom stereocenters. The van der Waals surface area contributed by atoms with Crippen LogP contribution in [0.2, 0.25) is 0 Å². The van der Waals surface area contributed by atoms with Crippen LogP contribution in [0.25, 0.3) is 11.4 Å². The Labute approximate surface area is 198 Å². The number of hydrogen-bond acceptors (Lipinski definition) is 6. The molecule has 9 heteroatoms. The van der Waals surface area contributed by atoms with E-state index in [9.17, 15) is 4.79 Å². The van der Waals surface area contributed by atoms with Crippen molar-refractivity contribution in [2.24, 2.45) is 0 Å². The summed E-state index contributed by atoms with van der Waals surface area (Å²) in [4.78, 5) is 14.9. The third kappa shape index (κ3) is 4.88. The van der Waals surface area contributed by atoms with Crippen LogP contribution in [0.15, 0.2) is 36.4 Å². The molecule has 1 amide bonds. The van der Waals surface area contributed by atoms with Crippen molar-refractivity contribution in [3.8, 4) is 28.6 Å². The van der Waals surface area contributed by atoms with Crippen molar-refractivity contribution in [2.45, 2.75) is 32.9 Å². The standard InChI is InChI=1S/C24H28N4O4S/c1-4-32-19-7-5-16(6-8-19)23-25-26-24(33)28(23)12-10-22(29)27-11-9-17-13-20(30-2)21(31-3)14-18(17)15-27/h5-8,13-14H,4,9-12,15H2,1-3H3,(H,26,33). The zero-order valence-corrected chi connectivity index (χ0v) is 19.9. The van der Waals surface area contributed by atoms with Gasteiger partial charge in [-0.25, -0.2) is 0 Å². The minimum atomic E-state index is 0.0798. The summed E-state index contributed by atoms with van der Waals surface area (Å²) >= 11 is 5.42. The van der Waals surface area contributed by atoms with Crippen LogP contribution in [0.4, 0.5) is 0 Å². The highest BCUT2D eigenvalue weighted by atomic mass is 32.1. The number of fused-ring (bicyclic) bond motifs is 1. The van der Waals surface area contributed by atoms with E-state index >= 15 is 0 Å². The Morgan fingerprint density at radius 3 is 2.48 bits per heavy atom. The van der Waals surface area contributed by atoms with Crippen molar-refractivity contribution >= 4 is 18.1 Å². The van der Waals surface area contributed by atoms with E-state index in [0.717, 1.165) is 23.3 Å². The lowest BCUT2D eigenvalue weighted by Gasteiger charge is -2.29. The van der Waals surface area contributed by atoms with Gasteiger partial charge in [-0.3, -0.25) is 14.5 Å². The Bertz CT molecular complexity index is 1190. The molecule has 3 aromatic rings. The Balaban J connectivity index is 1.45. The maximum Gasteiger partial charge on any atom is 0.224 e. The highest BCUT2D eigenvalue weighted by molar-refractivity contribution is 7.71. The van der Waals surface area contributed by atoms with Crippen LogP contribution in [0, 0.1) is 4.77 Å². The summed E-state index contributed by atoms with van der Waals surface area (Å²) in [7, 11) is 3.25. The lowest BCUT2D eigenvalue weighted by atomic mass is 9.98. The van der Waals surface area contributed by atoms with E-state index < -0.39 is 0 Å².